The molecule has 1 aliphatic rings. The van der Waals surface area contributed by atoms with Gasteiger partial charge in [-0.2, -0.15) is 0 Å². The third-order valence-corrected chi connectivity index (χ3v) is 4.61. The first kappa shape index (κ1) is 23.1. The number of aryl methyl sites for hydroxylation is 1. The van der Waals surface area contributed by atoms with Gasteiger partial charge < -0.3 is 20.2 Å². The number of hydrogen-bond acceptors (Lipinski definition) is 6. The van der Waals surface area contributed by atoms with Crippen LogP contribution in [0.2, 0.25) is 0 Å². The molecule has 1 aromatic heterocycles. The minimum atomic E-state index is -0.324. The average Bonchev–Trinajstić information content (AvgIpc) is 2.77. The van der Waals surface area contributed by atoms with Crippen LogP contribution in [0.25, 0.3) is 22.4 Å². The van der Waals surface area contributed by atoms with Crippen LogP contribution in [0.1, 0.15) is 5.56 Å². The Balaban J connectivity index is 0.000000299. The Kier molecular flexibility index (Phi) is 9.05. The summed E-state index contributed by atoms with van der Waals surface area (Å²) >= 11 is 0. The van der Waals surface area contributed by atoms with E-state index < -0.39 is 0 Å². The van der Waals surface area contributed by atoms with Crippen molar-refractivity contribution in [2.24, 2.45) is 0 Å². The summed E-state index contributed by atoms with van der Waals surface area (Å²) in [6.07, 6.45) is 2.89. The maximum absolute atomic E-state index is 14.4. The van der Waals surface area contributed by atoms with Crippen molar-refractivity contribution in [3.05, 3.63) is 66.2 Å². The van der Waals surface area contributed by atoms with Gasteiger partial charge in [0.05, 0.1) is 31.3 Å². The fourth-order valence-corrected chi connectivity index (χ4v) is 2.92. The number of nitrogen functional groups attached to an aromatic ring is 1. The lowest BCUT2D eigenvalue weighted by atomic mass is 9.98. The lowest BCUT2D eigenvalue weighted by Crippen LogP contribution is -2.32. The zero-order chi connectivity index (χ0) is 21.9. The molecule has 7 heteroatoms. The van der Waals surface area contributed by atoms with Gasteiger partial charge in [0.15, 0.2) is 0 Å². The minimum Gasteiger partial charge on any atom is -0.382 e. The van der Waals surface area contributed by atoms with Gasteiger partial charge in [0.25, 0.3) is 0 Å². The predicted octanol–water partition coefficient (Wildman–Crippen LogP) is 3.60. The number of nitrogens with zero attached hydrogens (tertiary/aromatic N) is 3. The molecule has 6 nitrogen and oxygen atoms in total. The molecular formula is C23H27FN4O2. The van der Waals surface area contributed by atoms with Crippen molar-refractivity contribution in [1.29, 1.82) is 0 Å². The van der Waals surface area contributed by atoms with Crippen LogP contribution in [0.4, 0.5) is 10.2 Å². The first-order valence-electron chi connectivity index (χ1n) is 9.53. The first-order valence-corrected chi connectivity index (χ1v) is 9.53. The van der Waals surface area contributed by atoms with E-state index in [1.165, 1.54) is 18.5 Å². The van der Waals surface area contributed by atoms with E-state index in [0.717, 1.165) is 43.0 Å². The van der Waals surface area contributed by atoms with Crippen molar-refractivity contribution in [2.45, 2.75) is 6.92 Å². The lowest BCUT2D eigenvalue weighted by Gasteiger charge is -2.21. The molecule has 1 fully saturated rings. The molecule has 0 atom stereocenters. The molecule has 1 saturated heterocycles. The largest absolute Gasteiger partial charge is 0.382 e. The Bertz CT molecular complexity index is 929. The molecule has 0 aliphatic carbocycles. The Morgan fingerprint density at radius 2 is 1.73 bits per heavy atom. The summed E-state index contributed by atoms with van der Waals surface area (Å²) < 4.78 is 19.5. The van der Waals surface area contributed by atoms with Crippen molar-refractivity contribution in [3.63, 3.8) is 0 Å². The van der Waals surface area contributed by atoms with Crippen LogP contribution in [0.15, 0.2) is 54.9 Å². The normalized spacial score (nSPS) is 13.4. The van der Waals surface area contributed by atoms with Gasteiger partial charge in [-0.15, -0.1) is 0 Å². The number of anilines is 1. The molecule has 30 heavy (non-hydrogen) atoms. The Labute approximate surface area is 176 Å². The van der Waals surface area contributed by atoms with E-state index in [4.69, 9.17) is 15.3 Å². The number of hydrogen-bond donors (Lipinski definition) is 1. The highest BCUT2D eigenvalue weighted by Gasteiger charge is 2.10. The highest BCUT2D eigenvalue weighted by molar-refractivity contribution is 5.71. The van der Waals surface area contributed by atoms with Gasteiger partial charge in [0, 0.05) is 18.7 Å². The Morgan fingerprint density at radius 3 is 2.27 bits per heavy atom. The van der Waals surface area contributed by atoms with E-state index >= 15 is 0 Å². The molecule has 3 aromatic rings. The van der Waals surface area contributed by atoms with Gasteiger partial charge in [-0.05, 0) is 42.8 Å². The highest BCUT2D eigenvalue weighted by atomic mass is 19.1. The van der Waals surface area contributed by atoms with Crippen LogP contribution in [-0.2, 0) is 9.53 Å². The zero-order valence-corrected chi connectivity index (χ0v) is 17.3. The van der Waals surface area contributed by atoms with Crippen molar-refractivity contribution >= 4 is 12.6 Å². The highest BCUT2D eigenvalue weighted by Crippen LogP contribution is 2.28. The summed E-state index contributed by atoms with van der Waals surface area (Å²) in [6.45, 7) is 8.03. The van der Waals surface area contributed by atoms with Gasteiger partial charge in [-0.3, -0.25) is 4.98 Å². The molecule has 0 radical (unpaired) electrons. The molecule has 0 unspecified atom stereocenters. The van der Waals surface area contributed by atoms with E-state index in [2.05, 4.69) is 21.9 Å². The number of benzene rings is 2. The third-order valence-electron chi connectivity index (χ3n) is 4.61. The van der Waals surface area contributed by atoms with Crippen LogP contribution in [0.3, 0.4) is 0 Å². The SMILES string of the molecule is C=O.CN1CCOCC1.Cc1ccccc1-c1ccc(-c2cnc(N)cn2)c(F)c1. The fraction of sp³-hybridized carbons (Fsp3) is 0.261. The standard InChI is InChI=1S/C17H14FN3.C5H11NO.CH2O/c1-11-4-2-3-5-13(11)12-6-7-14(15(18)8-12)16-9-21-17(19)10-20-16;1-6-2-4-7-5-3-6;1-2/h2-10H,1H3,(H2,19,21);2-5H2,1H3;1H2. The van der Waals surface area contributed by atoms with E-state index in [-0.39, 0.29) is 5.82 Å². The van der Waals surface area contributed by atoms with E-state index in [9.17, 15) is 4.39 Å². The number of carbonyl (C=O) groups is 1. The maximum Gasteiger partial charge on any atom is 0.141 e. The van der Waals surface area contributed by atoms with Crippen molar-refractivity contribution in [1.82, 2.24) is 14.9 Å². The van der Waals surface area contributed by atoms with Crippen LogP contribution in [0.5, 0.6) is 0 Å². The Morgan fingerprint density at radius 1 is 1.03 bits per heavy atom. The number of carbonyl (C=O) groups excluding carboxylic acids is 1. The molecule has 4 rings (SSSR count). The van der Waals surface area contributed by atoms with Gasteiger partial charge >= 0.3 is 0 Å². The second kappa shape index (κ2) is 11.7. The molecule has 1 aliphatic heterocycles. The predicted molar refractivity (Wildman–Crippen MR) is 117 cm³/mol. The molecule has 2 heterocycles. The molecule has 158 valence electrons. The molecule has 0 spiro atoms. The van der Waals surface area contributed by atoms with Gasteiger partial charge in [0.2, 0.25) is 0 Å². The van der Waals surface area contributed by atoms with Crippen molar-refractivity contribution in [2.75, 3.05) is 39.1 Å². The van der Waals surface area contributed by atoms with E-state index in [0.29, 0.717) is 17.1 Å². The topological polar surface area (TPSA) is 81.3 Å². The van der Waals surface area contributed by atoms with Gasteiger partial charge in [0.1, 0.15) is 18.4 Å². The molecule has 2 N–H and O–H groups in total. The van der Waals surface area contributed by atoms with Crippen LogP contribution < -0.4 is 5.73 Å². The molecule has 0 bridgehead atoms. The lowest BCUT2D eigenvalue weighted by molar-refractivity contribution is -0.0979. The summed E-state index contributed by atoms with van der Waals surface area (Å²) in [4.78, 5) is 18.3. The quantitative estimate of drug-likeness (QED) is 0.695. The number of aromatic nitrogens is 2. The average molecular weight is 410 g/mol. The second-order valence-corrected chi connectivity index (χ2v) is 6.75. The minimum absolute atomic E-state index is 0.315. The third kappa shape index (κ3) is 6.43. The van der Waals surface area contributed by atoms with Crippen molar-refractivity contribution < 1.29 is 13.9 Å². The number of halogens is 1. The number of rotatable bonds is 2. The summed E-state index contributed by atoms with van der Waals surface area (Å²) in [7, 11) is 2.11. The summed E-state index contributed by atoms with van der Waals surface area (Å²) in [5, 5.41) is 0. The number of morpholine rings is 1. The molecule has 0 saturated carbocycles. The van der Waals surface area contributed by atoms with Crippen LogP contribution in [-0.4, -0.2) is 55.0 Å². The van der Waals surface area contributed by atoms with Gasteiger partial charge in [-0.1, -0.05) is 30.3 Å². The fourth-order valence-electron chi connectivity index (χ4n) is 2.92. The Hall–Kier alpha value is -3.16. The summed E-state index contributed by atoms with van der Waals surface area (Å²) in [5.74, 6) is -0.00878. The zero-order valence-electron chi connectivity index (χ0n) is 17.3. The molecule has 0 amide bonds. The first-order chi connectivity index (χ1) is 14.5. The summed E-state index contributed by atoms with van der Waals surface area (Å²) in [6, 6.07) is 13.0. The van der Waals surface area contributed by atoms with Crippen LogP contribution >= 0.6 is 0 Å². The maximum atomic E-state index is 14.4. The molecule has 2 aromatic carbocycles. The van der Waals surface area contributed by atoms with Crippen molar-refractivity contribution in [3.8, 4) is 22.4 Å². The number of likely N-dealkylation sites (N-methyl/N-ethyl adjacent to an activating group) is 1. The van der Waals surface area contributed by atoms with E-state index in [1.807, 2.05) is 44.0 Å². The summed E-state index contributed by atoms with van der Waals surface area (Å²) in [5.41, 5.74) is 9.35. The number of ether oxygens (including phenoxy) is 1. The molecular weight excluding hydrogens is 383 g/mol. The van der Waals surface area contributed by atoms with E-state index in [1.54, 1.807) is 6.07 Å². The number of nitrogens with two attached hydrogens (primary N) is 1. The second-order valence-electron chi connectivity index (χ2n) is 6.75. The van der Waals surface area contributed by atoms with Crippen LogP contribution in [0, 0.1) is 12.7 Å². The monoisotopic (exact) mass is 410 g/mol. The van der Waals surface area contributed by atoms with Gasteiger partial charge in [-0.25, -0.2) is 9.37 Å². The smallest absolute Gasteiger partial charge is 0.141 e.